The minimum atomic E-state index is -3.62. The van der Waals surface area contributed by atoms with Gasteiger partial charge in [-0.15, -0.1) is 0 Å². The van der Waals surface area contributed by atoms with Gasteiger partial charge in [-0.3, -0.25) is 0 Å². The lowest BCUT2D eigenvalue weighted by Gasteiger charge is -2.12. The Morgan fingerprint density at radius 2 is 2.26 bits per heavy atom. The lowest BCUT2D eigenvalue weighted by Crippen LogP contribution is -2.23. The maximum absolute atomic E-state index is 12.1. The van der Waals surface area contributed by atoms with Gasteiger partial charge in [-0.2, -0.15) is 4.37 Å². The fourth-order valence-corrected chi connectivity index (χ4v) is 3.47. The molecule has 8 nitrogen and oxygen atoms in total. The van der Waals surface area contributed by atoms with Crippen LogP contribution >= 0.6 is 11.5 Å². The molecule has 0 atom stereocenters. The Labute approximate surface area is 114 Å². The number of rotatable bonds is 5. The zero-order valence-electron chi connectivity index (χ0n) is 10.4. The maximum Gasteiger partial charge on any atom is 0.249 e. The van der Waals surface area contributed by atoms with E-state index in [1.165, 1.54) is 14.1 Å². The molecule has 2 rings (SSSR count). The van der Waals surface area contributed by atoms with Gasteiger partial charge in [0.05, 0.1) is 6.54 Å². The molecule has 0 aromatic carbocycles. The Morgan fingerprint density at radius 1 is 1.53 bits per heavy atom. The number of nitrogen functional groups attached to an aromatic ring is 1. The van der Waals surface area contributed by atoms with Gasteiger partial charge in [0.2, 0.25) is 10.0 Å². The van der Waals surface area contributed by atoms with Crippen LogP contribution in [0.4, 0.5) is 10.8 Å². The second-order valence-electron chi connectivity index (χ2n) is 3.90. The van der Waals surface area contributed by atoms with Crippen LogP contribution in [0.5, 0.6) is 0 Å². The minimum absolute atomic E-state index is 0.000597. The second-order valence-corrected chi connectivity index (χ2v) is 6.76. The Morgan fingerprint density at radius 3 is 2.84 bits per heavy atom. The molecule has 2 aromatic heterocycles. The maximum atomic E-state index is 12.1. The molecule has 0 saturated carbocycles. The van der Waals surface area contributed by atoms with Crippen molar-refractivity contribution in [3.63, 3.8) is 0 Å². The van der Waals surface area contributed by atoms with Gasteiger partial charge in [-0.25, -0.2) is 17.7 Å². The van der Waals surface area contributed by atoms with Crippen molar-refractivity contribution in [2.45, 2.75) is 11.4 Å². The van der Waals surface area contributed by atoms with Crippen molar-refractivity contribution in [1.29, 1.82) is 0 Å². The number of imidazole rings is 1. The highest BCUT2D eigenvalue weighted by Crippen LogP contribution is 2.33. The van der Waals surface area contributed by atoms with Crippen LogP contribution in [0.2, 0.25) is 0 Å². The van der Waals surface area contributed by atoms with Crippen LogP contribution in [0.15, 0.2) is 17.3 Å². The first-order valence-corrected chi connectivity index (χ1v) is 7.54. The van der Waals surface area contributed by atoms with Crippen molar-refractivity contribution in [2.24, 2.45) is 0 Å². The highest BCUT2D eigenvalue weighted by atomic mass is 32.2. The SMILES string of the molecule is CN(C)S(=O)(=O)c1c(N)nsc1NCc1ncc[nH]1. The molecule has 2 aromatic rings. The van der Waals surface area contributed by atoms with Gasteiger partial charge in [-0.05, 0) is 11.5 Å². The van der Waals surface area contributed by atoms with Crippen molar-refractivity contribution < 1.29 is 8.42 Å². The van der Waals surface area contributed by atoms with E-state index >= 15 is 0 Å². The van der Waals surface area contributed by atoms with E-state index < -0.39 is 10.0 Å². The lowest BCUT2D eigenvalue weighted by atomic mass is 10.5. The molecule has 0 aliphatic carbocycles. The predicted molar refractivity (Wildman–Crippen MR) is 73.3 cm³/mol. The van der Waals surface area contributed by atoms with Gasteiger partial charge < -0.3 is 16.0 Å². The smallest absolute Gasteiger partial charge is 0.249 e. The molecule has 0 fully saturated rings. The summed E-state index contributed by atoms with van der Waals surface area (Å²) in [4.78, 5) is 6.96. The van der Waals surface area contributed by atoms with Crippen LogP contribution in [0, 0.1) is 0 Å². The first kappa shape index (κ1) is 13.8. The van der Waals surface area contributed by atoms with E-state index in [1.807, 2.05) is 0 Å². The molecule has 0 amide bonds. The van der Waals surface area contributed by atoms with E-state index in [0.717, 1.165) is 15.8 Å². The average Bonchev–Trinajstić information content (AvgIpc) is 2.95. The number of aromatic amines is 1. The monoisotopic (exact) mass is 302 g/mol. The van der Waals surface area contributed by atoms with E-state index in [2.05, 4.69) is 19.7 Å². The summed E-state index contributed by atoms with van der Waals surface area (Å²) in [6.45, 7) is 0.366. The number of sulfonamides is 1. The number of anilines is 2. The van der Waals surface area contributed by atoms with Crippen molar-refractivity contribution in [1.82, 2.24) is 18.6 Å². The third-order valence-corrected chi connectivity index (χ3v) is 5.22. The Balaban J connectivity index is 2.28. The molecule has 4 N–H and O–H groups in total. The quantitative estimate of drug-likeness (QED) is 0.732. The summed E-state index contributed by atoms with van der Waals surface area (Å²) >= 11 is 1.01. The summed E-state index contributed by atoms with van der Waals surface area (Å²) in [7, 11) is -0.728. The summed E-state index contributed by atoms with van der Waals surface area (Å²) in [5.74, 6) is 0.695. The van der Waals surface area contributed by atoms with Crippen LogP contribution in [0.1, 0.15) is 5.82 Å². The van der Waals surface area contributed by atoms with Gasteiger partial charge in [0.15, 0.2) is 10.7 Å². The molecule has 0 radical (unpaired) electrons. The number of hydrogen-bond donors (Lipinski definition) is 3. The second kappa shape index (κ2) is 5.15. The molecule has 10 heteroatoms. The lowest BCUT2D eigenvalue weighted by molar-refractivity contribution is 0.521. The third-order valence-electron chi connectivity index (χ3n) is 2.38. The van der Waals surface area contributed by atoms with Gasteiger partial charge >= 0.3 is 0 Å². The molecule has 0 aliphatic rings. The molecule has 0 aliphatic heterocycles. The molecule has 0 spiro atoms. The van der Waals surface area contributed by atoms with Gasteiger partial charge in [0.1, 0.15) is 10.8 Å². The van der Waals surface area contributed by atoms with Crippen molar-refractivity contribution in [3.8, 4) is 0 Å². The topological polar surface area (TPSA) is 117 Å². The van der Waals surface area contributed by atoms with E-state index in [4.69, 9.17) is 5.73 Å². The highest BCUT2D eigenvalue weighted by Gasteiger charge is 2.27. The third kappa shape index (κ3) is 2.69. The predicted octanol–water partition coefficient (Wildman–Crippen LogP) is 0.311. The normalized spacial score (nSPS) is 11.9. The molecule has 19 heavy (non-hydrogen) atoms. The van der Waals surface area contributed by atoms with E-state index in [-0.39, 0.29) is 10.7 Å². The van der Waals surface area contributed by atoms with E-state index in [9.17, 15) is 8.42 Å². The first-order valence-electron chi connectivity index (χ1n) is 5.32. The van der Waals surface area contributed by atoms with Crippen molar-refractivity contribution in [2.75, 3.05) is 25.1 Å². The van der Waals surface area contributed by atoms with Gasteiger partial charge in [-0.1, -0.05) is 0 Å². The van der Waals surface area contributed by atoms with Crippen molar-refractivity contribution in [3.05, 3.63) is 18.2 Å². The number of H-pyrrole nitrogens is 1. The zero-order valence-corrected chi connectivity index (χ0v) is 12.0. The van der Waals surface area contributed by atoms with E-state index in [1.54, 1.807) is 12.4 Å². The fraction of sp³-hybridized carbons (Fsp3) is 0.333. The Kier molecular flexibility index (Phi) is 3.73. The molecule has 0 saturated heterocycles. The van der Waals surface area contributed by atoms with Crippen LogP contribution < -0.4 is 11.1 Å². The largest absolute Gasteiger partial charge is 0.382 e. The Bertz CT molecular complexity index is 646. The molecular weight excluding hydrogens is 288 g/mol. The van der Waals surface area contributed by atoms with Crippen LogP contribution in [0.25, 0.3) is 0 Å². The number of aromatic nitrogens is 3. The van der Waals surface area contributed by atoms with Crippen LogP contribution in [-0.2, 0) is 16.6 Å². The highest BCUT2D eigenvalue weighted by molar-refractivity contribution is 7.89. The first-order chi connectivity index (χ1) is 8.93. The zero-order chi connectivity index (χ0) is 14.0. The summed E-state index contributed by atoms with van der Waals surface area (Å²) in [5.41, 5.74) is 5.64. The summed E-state index contributed by atoms with van der Waals surface area (Å²) < 4.78 is 29.3. The number of nitrogens with zero attached hydrogens (tertiary/aromatic N) is 3. The molecule has 2 heterocycles. The van der Waals surface area contributed by atoms with E-state index in [0.29, 0.717) is 17.4 Å². The Hall–Kier alpha value is -1.65. The number of hydrogen-bond acceptors (Lipinski definition) is 7. The minimum Gasteiger partial charge on any atom is -0.382 e. The van der Waals surface area contributed by atoms with Crippen molar-refractivity contribution >= 4 is 32.4 Å². The fourth-order valence-electron chi connectivity index (χ4n) is 1.40. The average molecular weight is 302 g/mol. The number of nitrogens with two attached hydrogens (primary N) is 1. The molecule has 104 valence electrons. The van der Waals surface area contributed by atoms with Gasteiger partial charge in [0.25, 0.3) is 0 Å². The summed E-state index contributed by atoms with van der Waals surface area (Å²) in [6, 6.07) is 0. The summed E-state index contributed by atoms with van der Waals surface area (Å²) in [6.07, 6.45) is 3.31. The molecule has 0 bridgehead atoms. The molecular formula is C9H14N6O2S2. The van der Waals surface area contributed by atoms with Crippen LogP contribution in [-0.4, -0.2) is 41.2 Å². The molecule has 0 unspecified atom stereocenters. The standard InChI is InChI=1S/C9H14N6O2S2/c1-15(2)19(16,17)7-8(10)14-18-9(7)13-5-6-11-3-4-12-6/h3-4,13H,5H2,1-2H3,(H2,10,14)(H,11,12). The number of nitrogens with one attached hydrogen (secondary N) is 2. The summed E-state index contributed by atoms with van der Waals surface area (Å²) in [5, 5.41) is 3.38. The van der Waals surface area contributed by atoms with Gasteiger partial charge in [0, 0.05) is 26.5 Å². The van der Waals surface area contributed by atoms with Crippen LogP contribution in [0.3, 0.4) is 0 Å².